The van der Waals surface area contributed by atoms with Crippen LogP contribution in [0, 0.1) is 0 Å². The molecule has 0 saturated carbocycles. The Hall–Kier alpha value is -1.22. The van der Waals surface area contributed by atoms with Crippen molar-refractivity contribution >= 4 is 34.1 Å². The van der Waals surface area contributed by atoms with Gasteiger partial charge in [0, 0.05) is 36.2 Å². The molecule has 1 atom stereocenters. The van der Waals surface area contributed by atoms with E-state index in [9.17, 15) is 0 Å². The third-order valence-corrected chi connectivity index (χ3v) is 4.41. The van der Waals surface area contributed by atoms with E-state index >= 15 is 0 Å². The molecule has 2 aliphatic rings. The minimum atomic E-state index is -0.0565. The second kappa shape index (κ2) is 6.04. The van der Waals surface area contributed by atoms with Crippen molar-refractivity contribution in [2.24, 2.45) is 5.73 Å². The molecule has 1 aromatic heterocycles. The first kappa shape index (κ1) is 13.7. The maximum Gasteiger partial charge on any atom is 0.192 e. The van der Waals surface area contributed by atoms with E-state index in [4.69, 9.17) is 22.7 Å². The van der Waals surface area contributed by atoms with Gasteiger partial charge >= 0.3 is 0 Å². The van der Waals surface area contributed by atoms with Crippen molar-refractivity contribution < 1.29 is 4.74 Å². The monoisotopic (exact) mass is 311 g/mol. The molecule has 1 fully saturated rings. The molecule has 2 aliphatic heterocycles. The lowest BCUT2D eigenvalue weighted by Gasteiger charge is -2.34. The normalized spacial score (nSPS) is 24.0. The zero-order valence-electron chi connectivity index (χ0n) is 11.0. The second-order valence-electron chi connectivity index (χ2n) is 4.67. The molecule has 0 bridgehead atoms. The van der Waals surface area contributed by atoms with Crippen molar-refractivity contribution in [3.05, 3.63) is 23.6 Å². The lowest BCUT2D eigenvalue weighted by Crippen LogP contribution is -2.48. The largest absolute Gasteiger partial charge is 0.384 e. The molecule has 0 amide bonds. The third kappa shape index (κ3) is 2.64. The SMILES string of the molecule is NC1=CN(CN2CCOCC2)C(C=S)N1c1nccs1. The highest BCUT2D eigenvalue weighted by atomic mass is 32.1. The first-order valence-electron chi connectivity index (χ1n) is 6.47. The van der Waals surface area contributed by atoms with Gasteiger partial charge in [0.15, 0.2) is 5.13 Å². The molecule has 1 aromatic rings. The summed E-state index contributed by atoms with van der Waals surface area (Å²) in [4.78, 5) is 10.8. The minimum absolute atomic E-state index is 0.0565. The zero-order valence-corrected chi connectivity index (χ0v) is 12.6. The lowest BCUT2D eigenvalue weighted by atomic mass is 10.4. The van der Waals surface area contributed by atoms with Crippen molar-refractivity contribution in [1.82, 2.24) is 14.8 Å². The van der Waals surface area contributed by atoms with Crippen molar-refractivity contribution in [2.45, 2.75) is 6.17 Å². The Morgan fingerprint density at radius 2 is 2.30 bits per heavy atom. The Kier molecular flexibility index (Phi) is 4.16. The summed E-state index contributed by atoms with van der Waals surface area (Å²) in [6.45, 7) is 4.23. The van der Waals surface area contributed by atoms with Gasteiger partial charge in [-0.2, -0.15) is 0 Å². The first-order chi connectivity index (χ1) is 9.79. The number of thiocarbonyl (C=S) groups is 1. The molecular formula is C12H17N5OS2. The van der Waals surface area contributed by atoms with Gasteiger partial charge in [-0.1, -0.05) is 12.2 Å². The average molecular weight is 311 g/mol. The summed E-state index contributed by atoms with van der Waals surface area (Å²) in [6.07, 6.45) is 3.67. The Bertz CT molecular complexity index is 486. The minimum Gasteiger partial charge on any atom is -0.384 e. The van der Waals surface area contributed by atoms with Gasteiger partial charge in [0.1, 0.15) is 12.0 Å². The zero-order chi connectivity index (χ0) is 13.9. The molecule has 3 heterocycles. The van der Waals surface area contributed by atoms with Crippen LogP contribution in [0.5, 0.6) is 0 Å². The maximum absolute atomic E-state index is 6.13. The van der Waals surface area contributed by atoms with Gasteiger partial charge in [-0.25, -0.2) is 4.98 Å². The number of nitrogens with zero attached hydrogens (tertiary/aromatic N) is 4. The van der Waals surface area contributed by atoms with E-state index in [-0.39, 0.29) is 6.17 Å². The van der Waals surface area contributed by atoms with E-state index in [2.05, 4.69) is 14.8 Å². The van der Waals surface area contributed by atoms with Crippen molar-refractivity contribution in [3.63, 3.8) is 0 Å². The number of nitrogens with two attached hydrogens (primary N) is 1. The van der Waals surface area contributed by atoms with Crippen LogP contribution in [0.25, 0.3) is 0 Å². The van der Waals surface area contributed by atoms with Crippen LogP contribution in [0.15, 0.2) is 23.6 Å². The fourth-order valence-electron chi connectivity index (χ4n) is 2.41. The number of hydrogen-bond donors (Lipinski definition) is 1. The molecule has 6 nitrogen and oxygen atoms in total. The number of aromatic nitrogens is 1. The van der Waals surface area contributed by atoms with Gasteiger partial charge in [-0.05, 0) is 0 Å². The number of thiazole rings is 1. The summed E-state index contributed by atoms with van der Waals surface area (Å²) in [7, 11) is 0. The standard InChI is InChI=1S/C12H17N5OS2/c13-10-7-16(9-15-2-4-18-5-3-15)11(8-19)17(10)12-14-1-6-20-12/h1,6-8,11H,2-5,9,13H2. The van der Waals surface area contributed by atoms with Crippen LogP contribution in [-0.2, 0) is 4.74 Å². The molecule has 20 heavy (non-hydrogen) atoms. The Morgan fingerprint density at radius 3 is 2.95 bits per heavy atom. The lowest BCUT2D eigenvalue weighted by molar-refractivity contribution is 0.0175. The van der Waals surface area contributed by atoms with Crippen molar-refractivity contribution in [2.75, 3.05) is 37.9 Å². The topological polar surface area (TPSA) is 57.9 Å². The maximum atomic E-state index is 6.13. The number of anilines is 1. The molecule has 0 aliphatic carbocycles. The quantitative estimate of drug-likeness (QED) is 0.819. The van der Waals surface area contributed by atoms with Crippen LogP contribution in [0.3, 0.4) is 0 Å². The third-order valence-electron chi connectivity index (χ3n) is 3.39. The second-order valence-corrected chi connectivity index (χ2v) is 5.82. The molecule has 0 aromatic carbocycles. The summed E-state index contributed by atoms with van der Waals surface area (Å²) in [5.74, 6) is 0.680. The van der Waals surface area contributed by atoms with Crippen LogP contribution >= 0.6 is 23.6 Å². The highest BCUT2D eigenvalue weighted by molar-refractivity contribution is 7.79. The highest BCUT2D eigenvalue weighted by Gasteiger charge is 2.32. The molecule has 8 heteroatoms. The Balaban J connectivity index is 1.74. The van der Waals surface area contributed by atoms with Gasteiger partial charge in [-0.15, -0.1) is 11.3 Å². The van der Waals surface area contributed by atoms with E-state index in [1.165, 1.54) is 0 Å². The summed E-state index contributed by atoms with van der Waals surface area (Å²) < 4.78 is 5.37. The van der Waals surface area contributed by atoms with Crippen molar-refractivity contribution in [3.8, 4) is 0 Å². The molecule has 1 unspecified atom stereocenters. The van der Waals surface area contributed by atoms with Crippen molar-refractivity contribution in [1.29, 1.82) is 0 Å². The Morgan fingerprint density at radius 1 is 1.50 bits per heavy atom. The van der Waals surface area contributed by atoms with Crippen LogP contribution < -0.4 is 10.6 Å². The van der Waals surface area contributed by atoms with E-state index < -0.39 is 0 Å². The first-order valence-corrected chi connectivity index (χ1v) is 7.82. The molecule has 2 N–H and O–H groups in total. The van der Waals surface area contributed by atoms with Gasteiger partial charge in [0.2, 0.25) is 0 Å². The van der Waals surface area contributed by atoms with Gasteiger partial charge in [0.25, 0.3) is 0 Å². The molecule has 108 valence electrons. The van der Waals surface area contributed by atoms with E-state index in [0.29, 0.717) is 5.82 Å². The molecule has 0 radical (unpaired) electrons. The van der Waals surface area contributed by atoms with Gasteiger partial charge < -0.3 is 15.4 Å². The summed E-state index contributed by atoms with van der Waals surface area (Å²) in [5.41, 5.74) is 6.13. The van der Waals surface area contributed by atoms with Crippen LogP contribution in [0.2, 0.25) is 0 Å². The Labute approximate surface area is 127 Å². The predicted molar refractivity (Wildman–Crippen MR) is 83.4 cm³/mol. The van der Waals surface area contributed by atoms with Gasteiger partial charge in [0.05, 0.1) is 19.9 Å². The molecule has 3 rings (SSSR count). The molecule has 0 spiro atoms. The number of morpholine rings is 1. The number of rotatable bonds is 4. The van der Waals surface area contributed by atoms with Crippen LogP contribution in [-0.4, -0.2) is 59.3 Å². The molecule has 1 saturated heterocycles. The fraction of sp³-hybridized carbons (Fsp3) is 0.500. The van der Waals surface area contributed by atoms with E-state index in [1.54, 1.807) is 22.9 Å². The number of hydrogen-bond acceptors (Lipinski definition) is 8. The van der Waals surface area contributed by atoms with E-state index in [0.717, 1.165) is 38.1 Å². The number of ether oxygens (including phenoxy) is 1. The summed E-state index contributed by atoms with van der Waals surface area (Å²) in [6, 6.07) is 0. The molecular weight excluding hydrogens is 294 g/mol. The smallest absolute Gasteiger partial charge is 0.192 e. The van der Waals surface area contributed by atoms with Crippen LogP contribution in [0.4, 0.5) is 5.13 Å². The predicted octanol–water partition coefficient (Wildman–Crippen LogP) is 0.638. The highest BCUT2D eigenvalue weighted by Crippen LogP contribution is 2.28. The van der Waals surface area contributed by atoms with Crippen LogP contribution in [0.1, 0.15) is 0 Å². The fourth-order valence-corrected chi connectivity index (χ4v) is 3.38. The average Bonchev–Trinajstić information content (AvgIpc) is 3.07. The summed E-state index contributed by atoms with van der Waals surface area (Å²) in [5, 5.41) is 4.54. The van der Waals surface area contributed by atoms with Gasteiger partial charge in [-0.3, -0.25) is 9.80 Å². The van der Waals surface area contributed by atoms with E-state index in [1.807, 2.05) is 16.5 Å². The summed E-state index contributed by atoms with van der Waals surface area (Å²) >= 11 is 6.76.